The molecule has 0 spiro atoms. The van der Waals surface area contributed by atoms with Gasteiger partial charge < -0.3 is 4.74 Å². The van der Waals surface area contributed by atoms with Gasteiger partial charge in [0.15, 0.2) is 0 Å². The minimum atomic E-state index is 0.457. The number of fused-ring (bicyclic) bond motifs is 5. The predicted octanol–water partition coefficient (Wildman–Crippen LogP) is 5.19. The second-order valence-corrected chi connectivity index (χ2v) is 8.26. The van der Waals surface area contributed by atoms with Crippen molar-refractivity contribution in [2.45, 2.75) is 24.1 Å². The Morgan fingerprint density at radius 2 is 1.89 bits per heavy atom. The van der Waals surface area contributed by atoms with Crippen molar-refractivity contribution in [2.24, 2.45) is 29.6 Å². The first-order valence-corrected chi connectivity index (χ1v) is 8.89. The molecule has 1 aromatic carbocycles. The summed E-state index contributed by atoms with van der Waals surface area (Å²) in [6.45, 7) is 0. The Balaban J connectivity index is 1.62. The Labute approximate surface area is 131 Å². The average molecular weight is 386 g/mol. The highest BCUT2D eigenvalue weighted by atomic mass is 79.9. The summed E-state index contributed by atoms with van der Waals surface area (Å²) in [6, 6.07) is 6.34. The van der Waals surface area contributed by atoms with Crippen molar-refractivity contribution in [1.82, 2.24) is 0 Å². The van der Waals surface area contributed by atoms with Crippen molar-refractivity contribution in [1.29, 1.82) is 0 Å². The van der Waals surface area contributed by atoms with E-state index in [2.05, 4.69) is 50.1 Å². The topological polar surface area (TPSA) is 9.23 Å². The molecule has 0 aromatic heterocycles. The Kier molecular flexibility index (Phi) is 3.00. The first-order chi connectivity index (χ1) is 9.20. The third-order valence-electron chi connectivity index (χ3n) is 5.62. The third-order valence-corrected chi connectivity index (χ3v) is 7.22. The molecule has 0 N–H and O–H groups in total. The molecule has 3 fully saturated rings. The van der Waals surface area contributed by atoms with Crippen molar-refractivity contribution in [3.05, 3.63) is 28.2 Å². The monoisotopic (exact) mass is 384 g/mol. The molecule has 0 amide bonds. The van der Waals surface area contributed by atoms with Gasteiger partial charge in [0.1, 0.15) is 5.75 Å². The minimum Gasteiger partial charge on any atom is -0.496 e. The number of benzene rings is 1. The lowest BCUT2D eigenvalue weighted by atomic mass is 9.97. The van der Waals surface area contributed by atoms with Gasteiger partial charge in [0.2, 0.25) is 0 Å². The van der Waals surface area contributed by atoms with Crippen molar-refractivity contribution < 1.29 is 4.74 Å². The van der Waals surface area contributed by atoms with Gasteiger partial charge in [-0.05, 0) is 67.1 Å². The highest BCUT2D eigenvalue weighted by molar-refractivity contribution is 9.10. The molecular formula is C16H18Br2O. The molecule has 0 saturated heterocycles. The zero-order chi connectivity index (χ0) is 13.1. The molecule has 3 aliphatic rings. The van der Waals surface area contributed by atoms with E-state index in [4.69, 9.17) is 4.74 Å². The van der Waals surface area contributed by atoms with Gasteiger partial charge in [-0.3, -0.25) is 0 Å². The van der Waals surface area contributed by atoms with Gasteiger partial charge in [-0.15, -0.1) is 0 Å². The zero-order valence-corrected chi connectivity index (χ0v) is 14.2. The molecule has 0 heterocycles. The predicted molar refractivity (Wildman–Crippen MR) is 83.7 cm³/mol. The Bertz CT molecular complexity index is 499. The van der Waals surface area contributed by atoms with Crippen LogP contribution in [-0.2, 0) is 0 Å². The molecule has 102 valence electrons. The molecule has 5 atom stereocenters. The summed E-state index contributed by atoms with van der Waals surface area (Å²) in [5, 5.41) is 0. The standard InChI is InChI=1S/C16H18Br2O/c1-19-12-5-4-10(17)7-11(12)16(18)15-13-8-2-3-9(6-8)14(13)15/h4-5,7-9,13-16H,2-3,6H2,1H3. The van der Waals surface area contributed by atoms with Gasteiger partial charge in [-0.2, -0.15) is 0 Å². The first kappa shape index (κ1) is 12.7. The van der Waals surface area contributed by atoms with Crippen LogP contribution in [0.15, 0.2) is 22.7 Å². The SMILES string of the molecule is COc1ccc(Br)cc1C(Br)C1C2C3CCC(C3)C21. The number of alkyl halides is 1. The van der Waals surface area contributed by atoms with Crippen LogP contribution >= 0.6 is 31.9 Å². The molecule has 4 rings (SSSR count). The molecule has 5 unspecified atom stereocenters. The van der Waals surface area contributed by atoms with E-state index in [0.29, 0.717) is 4.83 Å². The molecule has 1 aromatic rings. The van der Waals surface area contributed by atoms with E-state index in [1.54, 1.807) is 7.11 Å². The number of methoxy groups -OCH3 is 1. The van der Waals surface area contributed by atoms with E-state index >= 15 is 0 Å². The highest BCUT2D eigenvalue weighted by Gasteiger charge is 2.66. The van der Waals surface area contributed by atoms with Gasteiger partial charge in [0, 0.05) is 14.9 Å². The first-order valence-electron chi connectivity index (χ1n) is 7.18. The van der Waals surface area contributed by atoms with Gasteiger partial charge in [0.05, 0.1) is 7.11 Å². The number of hydrogen-bond acceptors (Lipinski definition) is 1. The maximum atomic E-state index is 5.54. The Hall–Kier alpha value is -0.0200. The molecule has 2 bridgehead atoms. The lowest BCUT2D eigenvalue weighted by Gasteiger charge is -2.18. The molecule has 0 radical (unpaired) electrons. The summed E-state index contributed by atoms with van der Waals surface area (Å²) in [6.07, 6.45) is 4.48. The van der Waals surface area contributed by atoms with Crippen molar-refractivity contribution in [2.75, 3.05) is 7.11 Å². The van der Waals surface area contributed by atoms with E-state index in [0.717, 1.165) is 39.8 Å². The number of ether oxygens (including phenoxy) is 1. The van der Waals surface area contributed by atoms with Crippen LogP contribution in [0, 0.1) is 29.6 Å². The van der Waals surface area contributed by atoms with E-state index in [1.165, 1.54) is 24.8 Å². The van der Waals surface area contributed by atoms with Crippen molar-refractivity contribution in [3.8, 4) is 5.75 Å². The Morgan fingerprint density at radius 1 is 1.21 bits per heavy atom. The largest absolute Gasteiger partial charge is 0.496 e. The van der Waals surface area contributed by atoms with Crippen LogP contribution in [0.5, 0.6) is 5.75 Å². The molecule has 3 saturated carbocycles. The van der Waals surface area contributed by atoms with Gasteiger partial charge in [-0.25, -0.2) is 0 Å². The summed E-state index contributed by atoms with van der Waals surface area (Å²) in [5.74, 6) is 5.90. The van der Waals surface area contributed by atoms with E-state index in [9.17, 15) is 0 Å². The van der Waals surface area contributed by atoms with Gasteiger partial charge >= 0.3 is 0 Å². The summed E-state index contributed by atoms with van der Waals surface area (Å²) in [4.78, 5) is 0.457. The number of rotatable bonds is 3. The second-order valence-electron chi connectivity index (χ2n) is 6.35. The normalized spacial score (nSPS) is 40.1. The molecule has 19 heavy (non-hydrogen) atoms. The zero-order valence-electron chi connectivity index (χ0n) is 11.0. The lowest BCUT2D eigenvalue weighted by molar-refractivity contribution is 0.402. The third kappa shape index (κ3) is 1.84. The molecule has 0 aliphatic heterocycles. The fourth-order valence-corrected chi connectivity index (χ4v) is 6.35. The maximum Gasteiger partial charge on any atom is 0.123 e. The van der Waals surface area contributed by atoms with Crippen molar-refractivity contribution >= 4 is 31.9 Å². The summed E-state index contributed by atoms with van der Waals surface area (Å²) in [5.41, 5.74) is 1.32. The highest BCUT2D eigenvalue weighted by Crippen LogP contribution is 2.73. The van der Waals surface area contributed by atoms with E-state index in [1.807, 2.05) is 0 Å². The molecule has 1 nitrogen and oxygen atoms in total. The fourth-order valence-electron chi connectivity index (χ4n) is 4.91. The van der Waals surface area contributed by atoms with Crippen LogP contribution in [-0.4, -0.2) is 7.11 Å². The van der Waals surface area contributed by atoms with Crippen LogP contribution in [0.25, 0.3) is 0 Å². The molecule has 3 heteroatoms. The minimum absolute atomic E-state index is 0.457. The molecule has 3 aliphatic carbocycles. The molecular weight excluding hydrogens is 368 g/mol. The van der Waals surface area contributed by atoms with E-state index in [-0.39, 0.29) is 0 Å². The lowest BCUT2D eigenvalue weighted by Crippen LogP contribution is -2.05. The Morgan fingerprint density at radius 3 is 2.53 bits per heavy atom. The van der Waals surface area contributed by atoms with Crippen LogP contribution in [0.1, 0.15) is 29.7 Å². The van der Waals surface area contributed by atoms with Gasteiger partial charge in [0.25, 0.3) is 0 Å². The quantitative estimate of drug-likeness (QED) is 0.651. The van der Waals surface area contributed by atoms with Crippen molar-refractivity contribution in [3.63, 3.8) is 0 Å². The number of halogens is 2. The second kappa shape index (κ2) is 4.49. The maximum absolute atomic E-state index is 5.54. The van der Waals surface area contributed by atoms with Crippen LogP contribution in [0.4, 0.5) is 0 Å². The summed E-state index contributed by atoms with van der Waals surface area (Å²) >= 11 is 7.56. The summed E-state index contributed by atoms with van der Waals surface area (Å²) in [7, 11) is 1.77. The average Bonchev–Trinajstić information content (AvgIpc) is 2.85. The van der Waals surface area contributed by atoms with E-state index < -0.39 is 0 Å². The fraction of sp³-hybridized carbons (Fsp3) is 0.625. The van der Waals surface area contributed by atoms with Gasteiger partial charge in [-0.1, -0.05) is 31.9 Å². The van der Waals surface area contributed by atoms with Crippen LogP contribution < -0.4 is 4.74 Å². The number of hydrogen-bond donors (Lipinski definition) is 0. The van der Waals surface area contributed by atoms with Crippen LogP contribution in [0.3, 0.4) is 0 Å². The summed E-state index contributed by atoms with van der Waals surface area (Å²) < 4.78 is 6.68. The van der Waals surface area contributed by atoms with Crippen LogP contribution in [0.2, 0.25) is 0 Å². The smallest absolute Gasteiger partial charge is 0.123 e.